The van der Waals surface area contributed by atoms with Gasteiger partial charge in [-0.2, -0.15) is 0 Å². The molecule has 2 aromatic rings. The molecule has 0 saturated heterocycles. The molecule has 0 aromatic heterocycles. The molecule has 2 aromatic carbocycles. The molecule has 1 unspecified atom stereocenters. The number of amides is 1. The van der Waals surface area contributed by atoms with Crippen LogP contribution in [-0.4, -0.2) is 20.6 Å². The van der Waals surface area contributed by atoms with Gasteiger partial charge in [0.1, 0.15) is 0 Å². The average molecular weight is 399 g/mol. The Kier molecular flexibility index (Phi) is 5.61. The van der Waals surface area contributed by atoms with Crippen LogP contribution in [0.4, 0.5) is 5.69 Å². The van der Waals surface area contributed by atoms with E-state index in [1.807, 2.05) is 12.1 Å². The number of carbonyl (C=O) groups excluding carboxylic acids is 1. The second-order valence-electron chi connectivity index (χ2n) is 7.90. The van der Waals surface area contributed by atoms with E-state index in [0.717, 1.165) is 24.7 Å². The smallest absolute Gasteiger partial charge is 0.244 e. The Morgan fingerprint density at radius 2 is 1.79 bits per heavy atom. The lowest BCUT2D eigenvalue weighted by Gasteiger charge is -2.37. The summed E-state index contributed by atoms with van der Waals surface area (Å²) in [6, 6.07) is 15.2. The maximum Gasteiger partial charge on any atom is 0.244 e. The molecule has 0 fully saturated rings. The van der Waals surface area contributed by atoms with Crippen LogP contribution in [0.25, 0.3) is 6.08 Å². The Labute approximate surface area is 166 Å². The zero-order valence-corrected chi connectivity index (χ0v) is 17.2. The van der Waals surface area contributed by atoms with Crippen LogP contribution in [0, 0.1) is 0 Å². The predicted molar refractivity (Wildman–Crippen MR) is 114 cm³/mol. The molecule has 3 rings (SSSR count). The molecule has 5 nitrogen and oxygen atoms in total. The van der Waals surface area contributed by atoms with E-state index in [1.165, 1.54) is 17.2 Å². The van der Waals surface area contributed by atoms with Crippen molar-refractivity contribution in [1.82, 2.24) is 5.32 Å². The van der Waals surface area contributed by atoms with Gasteiger partial charge in [0.25, 0.3) is 0 Å². The Bertz CT molecular complexity index is 993. The number of sulfonamides is 1. The van der Waals surface area contributed by atoms with Gasteiger partial charge in [0.15, 0.2) is 0 Å². The van der Waals surface area contributed by atoms with Crippen LogP contribution >= 0.6 is 0 Å². The van der Waals surface area contributed by atoms with Crippen LogP contribution in [0.2, 0.25) is 0 Å². The van der Waals surface area contributed by atoms with Gasteiger partial charge in [0.05, 0.1) is 12.3 Å². The van der Waals surface area contributed by atoms with Crippen LogP contribution in [0.1, 0.15) is 49.4 Å². The molecule has 1 aliphatic rings. The van der Waals surface area contributed by atoms with Gasteiger partial charge >= 0.3 is 0 Å². The van der Waals surface area contributed by atoms with Crippen molar-refractivity contribution in [2.45, 2.75) is 38.1 Å². The molecule has 148 valence electrons. The number of fused-ring (bicyclic) bond motifs is 1. The highest BCUT2D eigenvalue weighted by molar-refractivity contribution is 7.92. The van der Waals surface area contributed by atoms with E-state index in [9.17, 15) is 13.2 Å². The minimum Gasteiger partial charge on any atom is -0.346 e. The number of carbonyl (C=O) groups is 1. The first kappa shape index (κ1) is 20.1. The van der Waals surface area contributed by atoms with Crippen LogP contribution in [0.15, 0.2) is 54.6 Å². The highest BCUT2D eigenvalue weighted by Gasteiger charge is 2.32. The van der Waals surface area contributed by atoms with Crippen molar-refractivity contribution in [2.24, 2.45) is 0 Å². The van der Waals surface area contributed by atoms with Gasteiger partial charge in [-0.1, -0.05) is 50.2 Å². The second kappa shape index (κ2) is 7.80. The van der Waals surface area contributed by atoms with Gasteiger partial charge in [0.2, 0.25) is 15.9 Å². The predicted octanol–water partition coefficient (Wildman–Crippen LogP) is 4.00. The van der Waals surface area contributed by atoms with E-state index in [4.69, 9.17) is 0 Å². The first-order valence-corrected chi connectivity index (χ1v) is 11.2. The van der Waals surface area contributed by atoms with Gasteiger partial charge < -0.3 is 5.32 Å². The summed E-state index contributed by atoms with van der Waals surface area (Å²) >= 11 is 0. The van der Waals surface area contributed by atoms with Gasteiger partial charge in [-0.15, -0.1) is 0 Å². The SMILES string of the molecule is CC1(C)CCC(NC(=O)/C=C/c2ccc(NS(C)(=O)=O)cc2)c2ccccc21. The average Bonchev–Trinajstić information content (AvgIpc) is 2.63. The lowest BCUT2D eigenvalue weighted by Crippen LogP contribution is -2.34. The number of hydrogen-bond donors (Lipinski definition) is 2. The minimum absolute atomic E-state index is 0.0164. The molecule has 6 heteroatoms. The number of nitrogens with one attached hydrogen (secondary N) is 2. The monoisotopic (exact) mass is 398 g/mol. The third kappa shape index (κ3) is 5.01. The molecule has 2 N–H and O–H groups in total. The van der Waals surface area contributed by atoms with E-state index in [2.05, 4.69) is 36.0 Å². The molecular formula is C22H26N2O3S. The minimum atomic E-state index is -3.30. The van der Waals surface area contributed by atoms with E-state index in [1.54, 1.807) is 30.3 Å². The molecule has 1 aliphatic carbocycles. The highest BCUT2D eigenvalue weighted by atomic mass is 32.2. The van der Waals surface area contributed by atoms with Crippen molar-refractivity contribution in [2.75, 3.05) is 11.0 Å². The van der Waals surface area contributed by atoms with Crippen LogP contribution < -0.4 is 10.0 Å². The lowest BCUT2D eigenvalue weighted by molar-refractivity contribution is -0.117. The summed E-state index contributed by atoms with van der Waals surface area (Å²) in [6.07, 6.45) is 6.28. The number of anilines is 1. The standard InChI is InChI=1S/C22H26N2O3S/c1-22(2)15-14-20(18-6-4-5-7-19(18)22)23-21(25)13-10-16-8-11-17(12-9-16)24-28(3,26)27/h4-13,20,24H,14-15H2,1-3H3,(H,23,25)/b13-10+. The summed E-state index contributed by atoms with van der Waals surface area (Å²) in [6.45, 7) is 4.48. The topological polar surface area (TPSA) is 75.3 Å². The molecule has 0 spiro atoms. The first-order valence-electron chi connectivity index (χ1n) is 9.30. The highest BCUT2D eigenvalue weighted by Crippen LogP contribution is 2.41. The Hall–Kier alpha value is -2.60. The van der Waals surface area contributed by atoms with Crippen molar-refractivity contribution < 1.29 is 13.2 Å². The maximum absolute atomic E-state index is 12.4. The third-order valence-corrected chi connectivity index (χ3v) is 5.69. The van der Waals surface area contributed by atoms with Crippen molar-refractivity contribution in [3.05, 3.63) is 71.3 Å². The van der Waals surface area contributed by atoms with E-state index in [-0.39, 0.29) is 17.4 Å². The van der Waals surface area contributed by atoms with Crippen LogP contribution in [0.3, 0.4) is 0 Å². The Morgan fingerprint density at radius 3 is 2.46 bits per heavy atom. The number of hydrogen-bond acceptors (Lipinski definition) is 3. The van der Waals surface area contributed by atoms with Gasteiger partial charge in [-0.3, -0.25) is 9.52 Å². The summed E-state index contributed by atoms with van der Waals surface area (Å²) in [5, 5.41) is 3.11. The zero-order chi connectivity index (χ0) is 20.4. The summed E-state index contributed by atoms with van der Waals surface area (Å²) in [5.74, 6) is -0.141. The van der Waals surface area contributed by atoms with E-state index in [0.29, 0.717) is 5.69 Å². The summed E-state index contributed by atoms with van der Waals surface area (Å²) < 4.78 is 24.9. The molecule has 1 atom stereocenters. The van der Waals surface area contributed by atoms with Gasteiger partial charge in [0, 0.05) is 11.8 Å². The molecule has 0 heterocycles. The molecule has 1 amide bonds. The quantitative estimate of drug-likeness (QED) is 0.748. The number of rotatable bonds is 5. The molecule has 28 heavy (non-hydrogen) atoms. The van der Waals surface area contributed by atoms with Crippen molar-refractivity contribution in [1.29, 1.82) is 0 Å². The van der Waals surface area contributed by atoms with E-state index < -0.39 is 10.0 Å². The molecule has 0 saturated carbocycles. The van der Waals surface area contributed by atoms with Gasteiger partial charge in [-0.25, -0.2) is 8.42 Å². The summed E-state index contributed by atoms with van der Waals surface area (Å²) in [7, 11) is -3.30. The van der Waals surface area contributed by atoms with Crippen LogP contribution in [0.5, 0.6) is 0 Å². The fraction of sp³-hybridized carbons (Fsp3) is 0.318. The van der Waals surface area contributed by atoms with Crippen LogP contribution in [-0.2, 0) is 20.2 Å². The Morgan fingerprint density at radius 1 is 1.11 bits per heavy atom. The molecule has 0 aliphatic heterocycles. The van der Waals surface area contributed by atoms with E-state index >= 15 is 0 Å². The fourth-order valence-electron chi connectivity index (χ4n) is 3.63. The second-order valence-corrected chi connectivity index (χ2v) is 9.65. The molecule has 0 radical (unpaired) electrons. The maximum atomic E-state index is 12.4. The lowest BCUT2D eigenvalue weighted by atomic mass is 9.71. The normalized spacial score (nSPS) is 18.5. The van der Waals surface area contributed by atoms with Crippen molar-refractivity contribution in [3.63, 3.8) is 0 Å². The zero-order valence-electron chi connectivity index (χ0n) is 16.4. The van der Waals surface area contributed by atoms with Crippen molar-refractivity contribution in [3.8, 4) is 0 Å². The first-order chi connectivity index (χ1) is 13.1. The molecular weight excluding hydrogens is 372 g/mol. The fourth-order valence-corrected chi connectivity index (χ4v) is 4.19. The van der Waals surface area contributed by atoms with Crippen molar-refractivity contribution >= 4 is 27.7 Å². The summed E-state index contributed by atoms with van der Waals surface area (Å²) in [5.41, 5.74) is 3.92. The third-order valence-electron chi connectivity index (χ3n) is 5.08. The largest absolute Gasteiger partial charge is 0.346 e. The number of benzene rings is 2. The molecule has 0 bridgehead atoms. The van der Waals surface area contributed by atoms with Gasteiger partial charge in [-0.05, 0) is 53.2 Å². The Balaban J connectivity index is 1.66. The summed E-state index contributed by atoms with van der Waals surface area (Å²) in [4.78, 5) is 12.4.